The van der Waals surface area contributed by atoms with Crippen molar-refractivity contribution >= 4 is 0 Å². The standard InChI is InChI=1S/C17H27NO2/c1-4-17(2)11-16(9-10-20-17)18-12-14-7-5-6-8-15(14)13-19-3/h5-8,16,18H,4,9-13H2,1-3H3. The van der Waals surface area contributed by atoms with Crippen molar-refractivity contribution in [3.8, 4) is 0 Å². The zero-order valence-electron chi connectivity index (χ0n) is 12.9. The summed E-state index contributed by atoms with van der Waals surface area (Å²) in [5, 5.41) is 3.69. The van der Waals surface area contributed by atoms with Crippen LogP contribution in [0.5, 0.6) is 0 Å². The molecule has 3 heteroatoms. The first-order valence-corrected chi connectivity index (χ1v) is 7.60. The molecule has 20 heavy (non-hydrogen) atoms. The molecule has 2 unspecified atom stereocenters. The molecule has 112 valence electrons. The van der Waals surface area contributed by atoms with Gasteiger partial charge in [0, 0.05) is 26.3 Å². The minimum atomic E-state index is 0.0436. The summed E-state index contributed by atoms with van der Waals surface area (Å²) in [7, 11) is 1.75. The molecule has 0 amide bonds. The van der Waals surface area contributed by atoms with Crippen LogP contribution in [0.3, 0.4) is 0 Å². The fourth-order valence-electron chi connectivity index (χ4n) is 2.83. The molecule has 0 aromatic heterocycles. The summed E-state index contributed by atoms with van der Waals surface area (Å²) in [6.45, 7) is 6.88. The van der Waals surface area contributed by atoms with Gasteiger partial charge in [0.15, 0.2) is 0 Å². The Kier molecular flexibility index (Phi) is 5.58. The van der Waals surface area contributed by atoms with Gasteiger partial charge < -0.3 is 14.8 Å². The number of benzene rings is 1. The molecular formula is C17H27NO2. The van der Waals surface area contributed by atoms with Crippen molar-refractivity contribution < 1.29 is 9.47 Å². The maximum atomic E-state index is 5.90. The molecule has 0 aliphatic carbocycles. The van der Waals surface area contributed by atoms with Crippen LogP contribution in [0.15, 0.2) is 24.3 Å². The number of hydrogen-bond acceptors (Lipinski definition) is 3. The highest BCUT2D eigenvalue weighted by molar-refractivity contribution is 5.26. The molecule has 0 radical (unpaired) electrons. The van der Waals surface area contributed by atoms with Crippen molar-refractivity contribution in [2.45, 2.75) is 57.9 Å². The summed E-state index contributed by atoms with van der Waals surface area (Å²) in [5.41, 5.74) is 2.65. The summed E-state index contributed by atoms with van der Waals surface area (Å²) in [4.78, 5) is 0. The van der Waals surface area contributed by atoms with Crippen LogP contribution in [0.1, 0.15) is 44.2 Å². The molecule has 1 heterocycles. The topological polar surface area (TPSA) is 30.5 Å². The first-order valence-electron chi connectivity index (χ1n) is 7.60. The van der Waals surface area contributed by atoms with Gasteiger partial charge in [0.2, 0.25) is 0 Å². The second kappa shape index (κ2) is 7.21. The molecular weight excluding hydrogens is 250 g/mol. The first-order chi connectivity index (χ1) is 9.67. The van der Waals surface area contributed by atoms with E-state index in [1.54, 1.807) is 7.11 Å². The van der Waals surface area contributed by atoms with Gasteiger partial charge in [0.1, 0.15) is 0 Å². The molecule has 1 N–H and O–H groups in total. The normalized spacial score (nSPS) is 26.6. The van der Waals surface area contributed by atoms with Crippen LogP contribution in [0, 0.1) is 0 Å². The van der Waals surface area contributed by atoms with Crippen LogP contribution in [0.25, 0.3) is 0 Å². The van der Waals surface area contributed by atoms with E-state index in [-0.39, 0.29) is 5.60 Å². The van der Waals surface area contributed by atoms with Gasteiger partial charge in [-0.15, -0.1) is 0 Å². The molecule has 1 aromatic rings. The number of nitrogens with one attached hydrogen (secondary N) is 1. The van der Waals surface area contributed by atoms with Crippen LogP contribution >= 0.6 is 0 Å². The molecule has 1 fully saturated rings. The fraction of sp³-hybridized carbons (Fsp3) is 0.647. The molecule has 2 rings (SSSR count). The molecule has 0 saturated carbocycles. The Hall–Kier alpha value is -0.900. The van der Waals surface area contributed by atoms with Gasteiger partial charge in [-0.05, 0) is 37.3 Å². The summed E-state index contributed by atoms with van der Waals surface area (Å²) in [5.74, 6) is 0. The van der Waals surface area contributed by atoms with Gasteiger partial charge >= 0.3 is 0 Å². The average molecular weight is 277 g/mol. The Bertz CT molecular complexity index is 421. The third-order valence-electron chi connectivity index (χ3n) is 4.34. The highest BCUT2D eigenvalue weighted by Gasteiger charge is 2.31. The lowest BCUT2D eigenvalue weighted by molar-refractivity contribution is -0.0781. The molecule has 2 atom stereocenters. The van der Waals surface area contributed by atoms with Crippen molar-refractivity contribution in [2.24, 2.45) is 0 Å². The Labute approximate surface area is 122 Å². The number of hydrogen-bond donors (Lipinski definition) is 1. The van der Waals surface area contributed by atoms with Gasteiger partial charge in [-0.2, -0.15) is 0 Å². The van der Waals surface area contributed by atoms with E-state index in [1.165, 1.54) is 11.1 Å². The highest BCUT2D eigenvalue weighted by atomic mass is 16.5. The lowest BCUT2D eigenvalue weighted by Crippen LogP contribution is -2.44. The monoisotopic (exact) mass is 277 g/mol. The van der Waals surface area contributed by atoms with E-state index >= 15 is 0 Å². The van der Waals surface area contributed by atoms with Crippen LogP contribution in [0.2, 0.25) is 0 Å². The first kappa shape index (κ1) is 15.5. The van der Waals surface area contributed by atoms with Gasteiger partial charge in [-0.3, -0.25) is 0 Å². The maximum absolute atomic E-state index is 5.90. The van der Waals surface area contributed by atoms with Crippen LogP contribution in [-0.4, -0.2) is 25.4 Å². The second-order valence-electron chi connectivity index (χ2n) is 5.92. The second-order valence-corrected chi connectivity index (χ2v) is 5.92. The van der Waals surface area contributed by atoms with Crippen molar-refractivity contribution in [1.82, 2.24) is 5.32 Å². The van der Waals surface area contributed by atoms with Crippen LogP contribution in [-0.2, 0) is 22.6 Å². The van der Waals surface area contributed by atoms with Gasteiger partial charge in [0.25, 0.3) is 0 Å². The summed E-state index contributed by atoms with van der Waals surface area (Å²) >= 11 is 0. The van der Waals surface area contributed by atoms with Crippen molar-refractivity contribution in [3.05, 3.63) is 35.4 Å². The van der Waals surface area contributed by atoms with E-state index < -0.39 is 0 Å². The Balaban J connectivity index is 1.92. The Morgan fingerprint density at radius 1 is 1.35 bits per heavy atom. The quantitative estimate of drug-likeness (QED) is 0.865. The van der Waals surface area contributed by atoms with Crippen LogP contribution < -0.4 is 5.32 Å². The van der Waals surface area contributed by atoms with Crippen LogP contribution in [0.4, 0.5) is 0 Å². The summed E-state index contributed by atoms with van der Waals surface area (Å²) < 4.78 is 11.2. The third kappa shape index (κ3) is 4.05. The minimum absolute atomic E-state index is 0.0436. The lowest BCUT2D eigenvalue weighted by Gasteiger charge is -2.38. The predicted octanol–water partition coefficient (Wildman–Crippen LogP) is 3.27. The molecule has 0 spiro atoms. The van der Waals surface area contributed by atoms with E-state index in [1.807, 2.05) is 0 Å². The van der Waals surface area contributed by atoms with Crippen molar-refractivity contribution in [3.63, 3.8) is 0 Å². The van der Waals surface area contributed by atoms with Gasteiger partial charge in [0.05, 0.1) is 12.2 Å². The highest BCUT2D eigenvalue weighted by Crippen LogP contribution is 2.27. The number of rotatable bonds is 6. The Morgan fingerprint density at radius 2 is 2.10 bits per heavy atom. The van der Waals surface area contributed by atoms with Crippen molar-refractivity contribution in [2.75, 3.05) is 13.7 Å². The fourth-order valence-corrected chi connectivity index (χ4v) is 2.83. The predicted molar refractivity (Wildman–Crippen MR) is 81.7 cm³/mol. The Morgan fingerprint density at radius 3 is 2.80 bits per heavy atom. The third-order valence-corrected chi connectivity index (χ3v) is 4.34. The molecule has 1 aliphatic rings. The molecule has 1 aromatic carbocycles. The average Bonchev–Trinajstić information content (AvgIpc) is 2.47. The van der Waals surface area contributed by atoms with Gasteiger partial charge in [-0.25, -0.2) is 0 Å². The minimum Gasteiger partial charge on any atom is -0.380 e. The molecule has 0 bridgehead atoms. The SMILES string of the molecule is CCC1(C)CC(NCc2ccccc2COC)CCO1. The number of ether oxygens (including phenoxy) is 2. The molecule has 3 nitrogen and oxygen atoms in total. The van der Waals surface area contributed by atoms with E-state index in [2.05, 4.69) is 43.4 Å². The van der Waals surface area contributed by atoms with Crippen molar-refractivity contribution in [1.29, 1.82) is 0 Å². The largest absolute Gasteiger partial charge is 0.380 e. The number of methoxy groups -OCH3 is 1. The molecule has 1 saturated heterocycles. The molecule has 1 aliphatic heterocycles. The zero-order valence-corrected chi connectivity index (χ0v) is 12.9. The maximum Gasteiger partial charge on any atom is 0.0716 e. The smallest absolute Gasteiger partial charge is 0.0716 e. The zero-order chi connectivity index (χ0) is 14.4. The van der Waals surface area contributed by atoms with E-state index in [9.17, 15) is 0 Å². The summed E-state index contributed by atoms with van der Waals surface area (Å²) in [6, 6.07) is 9.03. The lowest BCUT2D eigenvalue weighted by atomic mass is 9.90. The van der Waals surface area contributed by atoms with E-state index in [4.69, 9.17) is 9.47 Å². The van der Waals surface area contributed by atoms with Gasteiger partial charge in [-0.1, -0.05) is 31.2 Å². The van der Waals surface area contributed by atoms with E-state index in [0.29, 0.717) is 12.6 Å². The van der Waals surface area contributed by atoms with E-state index in [0.717, 1.165) is 32.4 Å². The summed E-state index contributed by atoms with van der Waals surface area (Å²) in [6.07, 6.45) is 3.27.